The number of hydrogen-bond acceptors (Lipinski definition) is 5. The van der Waals surface area contributed by atoms with Crippen LogP contribution in [0.4, 0.5) is 32.0 Å². The van der Waals surface area contributed by atoms with Crippen LogP contribution in [-0.4, -0.2) is 34.9 Å². The van der Waals surface area contributed by atoms with Crippen molar-refractivity contribution < 1.29 is 40.7 Å². The highest BCUT2D eigenvalue weighted by Crippen LogP contribution is 2.53. The van der Waals surface area contributed by atoms with Gasteiger partial charge in [-0.25, -0.2) is 23.1 Å². The number of nitrogens with one attached hydrogen (secondary N) is 2. The van der Waals surface area contributed by atoms with Gasteiger partial charge in [-0.2, -0.15) is 13.2 Å². The minimum atomic E-state index is -4.98. The van der Waals surface area contributed by atoms with Gasteiger partial charge in [0.05, 0.1) is 24.2 Å². The fourth-order valence-corrected chi connectivity index (χ4v) is 5.72. The summed E-state index contributed by atoms with van der Waals surface area (Å²) in [5.74, 6) is -7.48. The molecular formula is C28H22F6N4O3. The third kappa shape index (κ3) is 5.48. The first-order valence-corrected chi connectivity index (χ1v) is 12.5. The summed E-state index contributed by atoms with van der Waals surface area (Å²) < 4.78 is 86.4. The summed E-state index contributed by atoms with van der Waals surface area (Å²) in [5.41, 5.74) is -0.675. The van der Waals surface area contributed by atoms with E-state index < -0.39 is 58.9 Å². The lowest BCUT2D eigenvalue weighted by Crippen LogP contribution is -2.48. The minimum Gasteiger partial charge on any atom is -0.496 e. The Kier molecular flexibility index (Phi) is 7.45. The van der Waals surface area contributed by atoms with E-state index >= 15 is 0 Å². The average molecular weight is 576 g/mol. The van der Waals surface area contributed by atoms with Crippen LogP contribution in [-0.2, 0) is 11.0 Å². The number of nitrogens with zero attached hydrogens (tertiary/aromatic N) is 2. The second-order valence-electron chi connectivity index (χ2n) is 9.78. The lowest BCUT2D eigenvalue weighted by atomic mass is 9.83. The summed E-state index contributed by atoms with van der Waals surface area (Å²) in [7, 11) is 1.18. The number of rotatable bonds is 6. The molecule has 7 nitrogen and oxygen atoms in total. The molecule has 2 aliphatic carbocycles. The van der Waals surface area contributed by atoms with Gasteiger partial charge in [-0.15, -0.1) is 0 Å². The first-order valence-electron chi connectivity index (χ1n) is 12.5. The van der Waals surface area contributed by atoms with E-state index in [2.05, 4.69) is 20.6 Å². The van der Waals surface area contributed by atoms with Crippen molar-refractivity contribution in [2.75, 3.05) is 12.4 Å². The van der Waals surface area contributed by atoms with Crippen LogP contribution < -0.4 is 15.4 Å². The molecule has 2 aliphatic rings. The lowest BCUT2D eigenvalue weighted by molar-refractivity contribution is -0.140. The Bertz CT molecular complexity index is 1530. The maximum Gasteiger partial charge on any atom is 0.419 e. The Hall–Kier alpha value is -4.42. The van der Waals surface area contributed by atoms with Crippen LogP contribution in [0, 0.1) is 35.2 Å². The zero-order chi connectivity index (χ0) is 29.5. The third-order valence-electron chi connectivity index (χ3n) is 7.44. The molecule has 5 rings (SSSR count). The van der Waals surface area contributed by atoms with Crippen molar-refractivity contribution in [3.63, 3.8) is 0 Å². The molecule has 2 fully saturated rings. The number of alkyl halides is 3. The molecule has 2 saturated carbocycles. The highest BCUT2D eigenvalue weighted by Gasteiger charge is 2.54. The second kappa shape index (κ2) is 10.9. The molecule has 3 aromatic rings. The van der Waals surface area contributed by atoms with Gasteiger partial charge in [0, 0.05) is 41.7 Å². The van der Waals surface area contributed by atoms with E-state index in [-0.39, 0.29) is 22.9 Å². The van der Waals surface area contributed by atoms with E-state index in [0.29, 0.717) is 36.6 Å². The van der Waals surface area contributed by atoms with Crippen molar-refractivity contribution in [2.45, 2.75) is 25.1 Å². The van der Waals surface area contributed by atoms with Crippen molar-refractivity contribution in [3.05, 3.63) is 88.8 Å². The van der Waals surface area contributed by atoms with Gasteiger partial charge >= 0.3 is 6.18 Å². The van der Waals surface area contributed by atoms with Crippen LogP contribution in [0.1, 0.15) is 34.3 Å². The molecule has 2 N–H and O–H groups in total. The number of anilines is 1. The number of ether oxygens (including phenoxy) is 1. The predicted octanol–water partition coefficient (Wildman–Crippen LogP) is 5.40. The van der Waals surface area contributed by atoms with Crippen LogP contribution in [0.3, 0.4) is 0 Å². The predicted molar refractivity (Wildman–Crippen MR) is 134 cm³/mol. The number of halogens is 6. The number of amides is 2. The van der Waals surface area contributed by atoms with Crippen LogP contribution in [0.25, 0.3) is 6.08 Å². The summed E-state index contributed by atoms with van der Waals surface area (Å²) in [4.78, 5) is 34.8. The van der Waals surface area contributed by atoms with Crippen molar-refractivity contribution in [1.82, 2.24) is 15.3 Å². The zero-order valence-electron chi connectivity index (χ0n) is 21.3. The summed E-state index contributed by atoms with van der Waals surface area (Å²) in [6.45, 7) is 0. The number of fused-ring (bicyclic) bond motifs is 2. The van der Waals surface area contributed by atoms with Gasteiger partial charge in [0.2, 0.25) is 5.91 Å². The monoisotopic (exact) mass is 576 g/mol. The summed E-state index contributed by atoms with van der Waals surface area (Å²) in [6.07, 6.45) is 2.39. The van der Waals surface area contributed by atoms with Gasteiger partial charge in [0.25, 0.3) is 5.91 Å². The van der Waals surface area contributed by atoms with Crippen molar-refractivity contribution in [2.24, 2.45) is 17.8 Å². The molecule has 2 amide bonds. The van der Waals surface area contributed by atoms with E-state index in [1.54, 1.807) is 18.5 Å². The summed E-state index contributed by atoms with van der Waals surface area (Å²) in [6, 6.07) is 2.65. The molecule has 0 radical (unpaired) electrons. The topological polar surface area (TPSA) is 93.2 Å². The van der Waals surface area contributed by atoms with Crippen LogP contribution in [0.5, 0.6) is 5.75 Å². The molecule has 13 heteroatoms. The minimum absolute atomic E-state index is 0.228. The van der Waals surface area contributed by atoms with Gasteiger partial charge in [-0.3, -0.25) is 9.59 Å². The molecule has 214 valence electrons. The van der Waals surface area contributed by atoms with Gasteiger partial charge in [-0.1, -0.05) is 11.6 Å². The van der Waals surface area contributed by atoms with Gasteiger partial charge in [-0.05, 0) is 43.0 Å². The van der Waals surface area contributed by atoms with E-state index in [0.717, 1.165) is 17.7 Å². The summed E-state index contributed by atoms with van der Waals surface area (Å²) >= 11 is 0. The number of hydrogen-bond donors (Lipinski definition) is 2. The van der Waals surface area contributed by atoms with Gasteiger partial charge in [0.15, 0.2) is 11.6 Å². The Morgan fingerprint density at radius 2 is 1.66 bits per heavy atom. The normalized spacial score (nSPS) is 22.6. The SMILES string of the molecule is COc1cc(F)c(F)cc1C(=O)N[C@@H]1C2CCC(C2=Cc2cncnc2)[C@@H]1C(=O)Nc1ccc(F)c(C(F)(F)F)c1. The van der Waals surface area contributed by atoms with Crippen LogP contribution in [0.2, 0.25) is 0 Å². The number of carbonyl (C=O) groups excluding carboxylic acids is 2. The number of methoxy groups -OCH3 is 1. The number of benzene rings is 2. The molecule has 41 heavy (non-hydrogen) atoms. The molecule has 2 aromatic carbocycles. The fraction of sp³-hybridized carbons (Fsp3) is 0.286. The maximum atomic E-state index is 14.0. The molecule has 2 bridgehead atoms. The molecule has 2 unspecified atom stereocenters. The Labute approximate surface area is 229 Å². The maximum absolute atomic E-state index is 14.0. The number of carbonyl (C=O) groups is 2. The molecule has 0 saturated heterocycles. The van der Waals surface area contributed by atoms with Crippen LogP contribution in [0.15, 0.2) is 54.6 Å². The van der Waals surface area contributed by atoms with E-state index in [9.17, 15) is 35.9 Å². The Morgan fingerprint density at radius 1 is 0.976 bits per heavy atom. The Morgan fingerprint density at radius 3 is 2.34 bits per heavy atom. The lowest BCUT2D eigenvalue weighted by Gasteiger charge is -2.30. The standard InChI is InChI=1S/C28H22F6N4O3/c1-41-23-9-22(31)21(30)8-18(23)26(39)38-25-16-4-3-15(17(16)6-13-10-35-12-36-11-13)24(25)27(40)37-14-2-5-20(29)19(7-14)28(32,33)34/h2,5-12,15-16,24-25H,3-4H2,1H3,(H,37,40)(H,38,39)/t15?,16?,24-,25+/m0/s1. The molecular weight excluding hydrogens is 554 g/mol. The zero-order valence-corrected chi connectivity index (χ0v) is 21.3. The molecule has 1 aromatic heterocycles. The van der Waals surface area contributed by atoms with E-state index in [1.165, 1.54) is 13.4 Å². The van der Waals surface area contributed by atoms with Crippen molar-refractivity contribution in [1.29, 1.82) is 0 Å². The smallest absolute Gasteiger partial charge is 0.419 e. The van der Waals surface area contributed by atoms with E-state index in [1.807, 2.05) is 0 Å². The quantitative estimate of drug-likeness (QED) is 0.384. The molecule has 0 aliphatic heterocycles. The number of aromatic nitrogens is 2. The van der Waals surface area contributed by atoms with Crippen LogP contribution >= 0.6 is 0 Å². The third-order valence-corrected chi connectivity index (χ3v) is 7.44. The molecule has 1 heterocycles. The first-order chi connectivity index (χ1) is 19.5. The highest BCUT2D eigenvalue weighted by molar-refractivity contribution is 5.99. The van der Waals surface area contributed by atoms with E-state index in [4.69, 9.17) is 4.74 Å². The largest absolute Gasteiger partial charge is 0.496 e. The molecule has 0 spiro atoms. The van der Waals surface area contributed by atoms with Gasteiger partial charge < -0.3 is 15.4 Å². The van der Waals surface area contributed by atoms with Crippen molar-refractivity contribution in [3.8, 4) is 5.75 Å². The summed E-state index contributed by atoms with van der Waals surface area (Å²) in [5, 5.41) is 5.18. The average Bonchev–Trinajstić information content (AvgIpc) is 3.45. The van der Waals surface area contributed by atoms with Gasteiger partial charge in [0.1, 0.15) is 17.9 Å². The second-order valence-corrected chi connectivity index (χ2v) is 9.78. The highest BCUT2D eigenvalue weighted by atomic mass is 19.4. The van der Waals surface area contributed by atoms with Crippen molar-refractivity contribution >= 4 is 23.6 Å². The fourth-order valence-electron chi connectivity index (χ4n) is 5.72. The Balaban J connectivity index is 1.49. The molecule has 4 atom stereocenters. The first kappa shape index (κ1) is 28.1.